The molecule has 2 aromatic heterocycles. The van der Waals surface area contributed by atoms with Crippen molar-refractivity contribution < 1.29 is 14.5 Å². The van der Waals surface area contributed by atoms with Crippen molar-refractivity contribution in [1.82, 2.24) is 9.97 Å². The lowest BCUT2D eigenvalue weighted by Gasteiger charge is -2.02. The van der Waals surface area contributed by atoms with E-state index in [2.05, 4.69) is 20.6 Å². The Kier molecular flexibility index (Phi) is 4.90. The van der Waals surface area contributed by atoms with Crippen LogP contribution in [0.25, 0.3) is 0 Å². The molecule has 9 nitrogen and oxygen atoms in total. The van der Waals surface area contributed by atoms with E-state index in [1.165, 1.54) is 11.3 Å². The van der Waals surface area contributed by atoms with E-state index in [9.17, 15) is 19.7 Å². The van der Waals surface area contributed by atoms with Crippen molar-refractivity contribution in [1.29, 1.82) is 0 Å². The number of nitrogens with zero attached hydrogens (tertiary/aromatic N) is 3. The first-order valence-electron chi connectivity index (χ1n) is 5.64. The largest absolute Gasteiger partial charge is 0.345 e. The summed E-state index contributed by atoms with van der Waals surface area (Å²) in [7, 11) is 0. The molecule has 0 bridgehead atoms. The van der Waals surface area contributed by atoms with Gasteiger partial charge in [0.2, 0.25) is 11.8 Å². The van der Waals surface area contributed by atoms with Crippen LogP contribution in [-0.2, 0) is 9.59 Å². The molecular formula is C10H9N5O4S2. The predicted octanol–water partition coefficient (Wildman–Crippen LogP) is 1.87. The van der Waals surface area contributed by atoms with E-state index < -0.39 is 10.8 Å². The van der Waals surface area contributed by atoms with Crippen molar-refractivity contribution >= 4 is 49.8 Å². The normalized spacial score (nSPS) is 10.1. The van der Waals surface area contributed by atoms with E-state index in [1.54, 1.807) is 11.6 Å². The minimum Gasteiger partial charge on any atom is -0.302 e. The molecule has 0 aliphatic rings. The van der Waals surface area contributed by atoms with Crippen LogP contribution >= 0.6 is 22.7 Å². The third-order valence-electron chi connectivity index (χ3n) is 2.18. The van der Waals surface area contributed by atoms with Gasteiger partial charge < -0.3 is 10.6 Å². The Morgan fingerprint density at radius 2 is 1.86 bits per heavy atom. The molecule has 11 heteroatoms. The van der Waals surface area contributed by atoms with Gasteiger partial charge in [-0.25, -0.2) is 9.97 Å². The maximum atomic E-state index is 11.6. The fourth-order valence-electron chi connectivity index (χ4n) is 1.28. The van der Waals surface area contributed by atoms with Crippen LogP contribution in [0, 0.1) is 10.1 Å². The molecule has 0 aliphatic carbocycles. The molecule has 2 N–H and O–H groups in total. The fraction of sp³-hybridized carbons (Fsp3) is 0.200. The summed E-state index contributed by atoms with van der Waals surface area (Å²) >= 11 is 2.03. The Labute approximate surface area is 126 Å². The van der Waals surface area contributed by atoms with Crippen molar-refractivity contribution in [2.45, 2.75) is 12.8 Å². The smallest absolute Gasteiger partial charge is 0.302 e. The van der Waals surface area contributed by atoms with E-state index in [-0.39, 0.29) is 28.9 Å². The van der Waals surface area contributed by atoms with E-state index in [0.717, 1.165) is 17.5 Å². The maximum Gasteiger partial charge on any atom is 0.345 e. The summed E-state index contributed by atoms with van der Waals surface area (Å²) in [5.74, 6) is -0.765. The molecule has 0 atom stereocenters. The molecule has 2 heterocycles. The quantitative estimate of drug-likeness (QED) is 0.616. The summed E-state index contributed by atoms with van der Waals surface area (Å²) in [4.78, 5) is 40.6. The Bertz CT molecular complexity index is 654. The second kappa shape index (κ2) is 6.85. The van der Waals surface area contributed by atoms with Gasteiger partial charge in [0.05, 0.1) is 4.92 Å². The Balaban J connectivity index is 1.76. The van der Waals surface area contributed by atoms with Gasteiger partial charge in [-0.2, -0.15) is 0 Å². The minimum absolute atomic E-state index is 0.0150. The van der Waals surface area contributed by atoms with E-state index in [4.69, 9.17) is 0 Å². The molecule has 0 radical (unpaired) electrons. The van der Waals surface area contributed by atoms with Crippen molar-refractivity contribution in [3.05, 3.63) is 27.9 Å². The second-order valence-corrected chi connectivity index (χ2v) is 5.60. The van der Waals surface area contributed by atoms with Crippen LogP contribution in [-0.4, -0.2) is 26.7 Å². The van der Waals surface area contributed by atoms with Crippen LogP contribution in [0.5, 0.6) is 0 Å². The first-order chi connectivity index (χ1) is 10.0. The first-order valence-corrected chi connectivity index (χ1v) is 7.33. The molecule has 0 unspecified atom stereocenters. The number of nitrogens with one attached hydrogen (secondary N) is 2. The van der Waals surface area contributed by atoms with E-state index in [0.29, 0.717) is 5.13 Å². The number of rotatable bonds is 6. The lowest BCUT2D eigenvalue weighted by Crippen LogP contribution is -2.17. The van der Waals surface area contributed by atoms with Gasteiger partial charge in [-0.3, -0.25) is 19.7 Å². The van der Waals surface area contributed by atoms with Crippen LogP contribution in [0.2, 0.25) is 0 Å². The summed E-state index contributed by atoms with van der Waals surface area (Å²) in [6.07, 6.45) is 2.56. The van der Waals surface area contributed by atoms with Gasteiger partial charge in [0.25, 0.3) is 0 Å². The lowest BCUT2D eigenvalue weighted by atomic mass is 10.3. The number of amides is 2. The zero-order valence-electron chi connectivity index (χ0n) is 10.4. The standard InChI is InChI=1S/C10H9N5O4S2/c16-6(13-9-11-3-4-20-9)1-2-7(17)14-10-12-5-8(21-10)15(18)19/h3-5H,1-2H2,(H,11,13,16)(H,12,14,17). The van der Waals surface area contributed by atoms with Crippen molar-refractivity contribution in [3.63, 3.8) is 0 Å². The molecule has 2 rings (SSSR count). The molecule has 0 saturated carbocycles. The Hall–Kier alpha value is -2.40. The predicted molar refractivity (Wildman–Crippen MR) is 77.4 cm³/mol. The average Bonchev–Trinajstić information content (AvgIpc) is 3.08. The van der Waals surface area contributed by atoms with Gasteiger partial charge in [-0.15, -0.1) is 11.3 Å². The monoisotopic (exact) mass is 327 g/mol. The van der Waals surface area contributed by atoms with Gasteiger partial charge in [0.1, 0.15) is 6.20 Å². The van der Waals surface area contributed by atoms with Crippen LogP contribution in [0.3, 0.4) is 0 Å². The van der Waals surface area contributed by atoms with Gasteiger partial charge >= 0.3 is 5.00 Å². The highest BCUT2D eigenvalue weighted by atomic mass is 32.1. The van der Waals surface area contributed by atoms with Crippen LogP contribution in [0.4, 0.5) is 15.3 Å². The number of nitro groups is 1. The number of carbonyl (C=O) groups is 2. The Morgan fingerprint density at radius 3 is 2.38 bits per heavy atom. The molecule has 0 fully saturated rings. The number of hydrogen-bond donors (Lipinski definition) is 2. The number of carbonyl (C=O) groups excluding carboxylic acids is 2. The fourth-order valence-corrected chi connectivity index (χ4v) is 2.48. The summed E-state index contributed by atoms with van der Waals surface area (Å²) in [6, 6.07) is 0. The number of anilines is 2. The van der Waals surface area contributed by atoms with Crippen molar-refractivity contribution in [2.24, 2.45) is 0 Å². The maximum absolute atomic E-state index is 11.6. The van der Waals surface area contributed by atoms with E-state index >= 15 is 0 Å². The first kappa shape index (κ1) is 15.0. The molecule has 110 valence electrons. The molecule has 0 spiro atoms. The van der Waals surface area contributed by atoms with Crippen molar-refractivity contribution in [2.75, 3.05) is 10.6 Å². The second-order valence-electron chi connectivity index (χ2n) is 3.69. The molecule has 0 aliphatic heterocycles. The van der Waals surface area contributed by atoms with Crippen molar-refractivity contribution in [3.8, 4) is 0 Å². The van der Waals surface area contributed by atoms with E-state index in [1.807, 2.05) is 0 Å². The van der Waals surface area contributed by atoms with Gasteiger partial charge in [0.15, 0.2) is 10.3 Å². The summed E-state index contributed by atoms with van der Waals surface area (Å²) < 4.78 is 0. The zero-order chi connectivity index (χ0) is 15.2. The highest BCUT2D eigenvalue weighted by Gasteiger charge is 2.14. The number of thiazole rings is 2. The highest BCUT2D eigenvalue weighted by Crippen LogP contribution is 2.25. The molecule has 0 aromatic carbocycles. The van der Waals surface area contributed by atoms with Crippen LogP contribution < -0.4 is 10.6 Å². The molecule has 2 aromatic rings. The van der Waals surface area contributed by atoms with Gasteiger partial charge in [-0.1, -0.05) is 0 Å². The third kappa shape index (κ3) is 4.57. The van der Waals surface area contributed by atoms with Gasteiger partial charge in [0, 0.05) is 24.4 Å². The number of aromatic nitrogens is 2. The molecule has 2 amide bonds. The van der Waals surface area contributed by atoms with Crippen LogP contribution in [0.15, 0.2) is 17.8 Å². The SMILES string of the molecule is O=C(CCC(=O)Nc1ncc([N+](=O)[O-])s1)Nc1nccs1. The summed E-state index contributed by atoms with van der Waals surface area (Å²) in [5, 5.41) is 17.6. The summed E-state index contributed by atoms with van der Waals surface area (Å²) in [5.41, 5.74) is 0. The molecule has 0 saturated heterocycles. The lowest BCUT2D eigenvalue weighted by molar-refractivity contribution is -0.380. The Morgan fingerprint density at radius 1 is 1.19 bits per heavy atom. The number of hydrogen-bond acceptors (Lipinski definition) is 8. The summed E-state index contributed by atoms with van der Waals surface area (Å²) in [6.45, 7) is 0. The highest BCUT2D eigenvalue weighted by molar-refractivity contribution is 7.18. The molecule has 21 heavy (non-hydrogen) atoms. The average molecular weight is 327 g/mol. The van der Waals surface area contributed by atoms with Gasteiger partial charge in [-0.05, 0) is 11.3 Å². The third-order valence-corrected chi connectivity index (χ3v) is 3.73. The zero-order valence-corrected chi connectivity index (χ0v) is 12.1. The minimum atomic E-state index is -0.588. The topological polar surface area (TPSA) is 127 Å². The van der Waals surface area contributed by atoms with Crippen LogP contribution in [0.1, 0.15) is 12.8 Å². The molecular weight excluding hydrogens is 318 g/mol.